The van der Waals surface area contributed by atoms with Gasteiger partial charge in [-0.2, -0.15) is 0 Å². The predicted octanol–water partition coefficient (Wildman–Crippen LogP) is 7.92. The van der Waals surface area contributed by atoms with Crippen LogP contribution >= 0.6 is 0 Å². The lowest BCUT2D eigenvalue weighted by Crippen LogP contribution is -2.69. The second-order valence-electron chi connectivity index (χ2n) is 17.6. The van der Waals surface area contributed by atoms with Gasteiger partial charge in [0.25, 0.3) is 0 Å². The zero-order chi connectivity index (χ0) is 29.7. The molecule has 5 heteroatoms. The summed E-state index contributed by atoms with van der Waals surface area (Å²) in [5.74, 6) is 1.41. The molecule has 5 rings (SSSR count). The molecular formula is C35H55NO4. The number of carbonyl (C=O) groups excluding carboxylic acids is 3. The van der Waals surface area contributed by atoms with E-state index in [0.29, 0.717) is 18.7 Å². The summed E-state index contributed by atoms with van der Waals surface area (Å²) in [5.41, 5.74) is -1.07. The molecule has 4 saturated carbocycles. The Hall–Kier alpha value is -1.65. The Morgan fingerprint density at radius 3 is 2.23 bits per heavy atom. The summed E-state index contributed by atoms with van der Waals surface area (Å²) in [6, 6.07) is 0. The highest BCUT2D eigenvalue weighted by atomic mass is 16.6. The number of amides is 1. The number of allylic oxidation sites excluding steroid dienone is 2. The van der Waals surface area contributed by atoms with Gasteiger partial charge in [-0.25, -0.2) is 4.79 Å². The molecule has 0 heterocycles. The number of fused-ring (bicyclic) bond motifs is 7. The SMILES string of the molecule is CC1(C)CC[C@]2(CNC(=O)OC(C)(C)C)CC[C@]3(C)[C@H](C(=O)CC4[C@@]5(C)C=CC(=O)C(C)(C)[C@@H]5CC[C@]43C)C2C1. The van der Waals surface area contributed by atoms with Crippen LogP contribution in [-0.2, 0) is 14.3 Å². The lowest BCUT2D eigenvalue weighted by Gasteiger charge is -2.72. The van der Waals surface area contributed by atoms with Crippen molar-refractivity contribution in [3.8, 4) is 0 Å². The van der Waals surface area contributed by atoms with Gasteiger partial charge in [0.2, 0.25) is 0 Å². The highest BCUT2D eigenvalue weighted by Gasteiger charge is 2.71. The average Bonchev–Trinajstić information content (AvgIpc) is 2.81. The maximum atomic E-state index is 14.6. The van der Waals surface area contributed by atoms with Crippen LogP contribution in [0, 0.1) is 56.2 Å². The van der Waals surface area contributed by atoms with Gasteiger partial charge < -0.3 is 10.1 Å². The molecule has 224 valence electrons. The quantitative estimate of drug-likeness (QED) is 0.377. The molecule has 0 aromatic rings. The lowest BCUT2D eigenvalue weighted by molar-refractivity contribution is -0.221. The van der Waals surface area contributed by atoms with E-state index in [1.54, 1.807) is 0 Å². The Kier molecular flexibility index (Phi) is 6.66. The molecule has 8 atom stereocenters. The van der Waals surface area contributed by atoms with Crippen molar-refractivity contribution >= 4 is 17.7 Å². The van der Waals surface area contributed by atoms with Gasteiger partial charge >= 0.3 is 6.09 Å². The summed E-state index contributed by atoms with van der Waals surface area (Å²) in [5, 5.41) is 3.16. The molecule has 0 bridgehead atoms. The van der Waals surface area contributed by atoms with Crippen molar-refractivity contribution in [2.24, 2.45) is 56.2 Å². The number of ether oxygens (including phenoxy) is 1. The van der Waals surface area contributed by atoms with Crippen molar-refractivity contribution in [3.05, 3.63) is 12.2 Å². The number of rotatable bonds is 2. The third kappa shape index (κ3) is 4.25. The Morgan fingerprint density at radius 1 is 0.925 bits per heavy atom. The highest BCUT2D eigenvalue weighted by molar-refractivity contribution is 5.96. The molecule has 2 unspecified atom stereocenters. The third-order valence-electron chi connectivity index (χ3n) is 13.5. The number of alkyl carbamates (subject to hydrolysis) is 1. The zero-order valence-corrected chi connectivity index (χ0v) is 27.0. The van der Waals surface area contributed by atoms with Crippen LogP contribution in [0.3, 0.4) is 0 Å². The molecule has 40 heavy (non-hydrogen) atoms. The Bertz CT molecular complexity index is 1130. The number of hydrogen-bond acceptors (Lipinski definition) is 4. The van der Waals surface area contributed by atoms with E-state index in [1.807, 2.05) is 26.8 Å². The Balaban J connectivity index is 1.51. The molecule has 0 aromatic carbocycles. The molecule has 0 saturated heterocycles. The molecule has 0 radical (unpaired) electrons. The molecule has 5 nitrogen and oxygen atoms in total. The van der Waals surface area contributed by atoms with Crippen LogP contribution in [0.15, 0.2) is 12.2 Å². The normalized spacial score (nSPS) is 45.5. The number of Topliss-reactive ketones (excluding diaryl/α,β-unsaturated/α-hetero) is 1. The number of nitrogens with one attached hydrogen (secondary N) is 1. The van der Waals surface area contributed by atoms with E-state index in [2.05, 4.69) is 59.9 Å². The van der Waals surface area contributed by atoms with Gasteiger partial charge in [-0.05, 0) is 117 Å². The van der Waals surface area contributed by atoms with Crippen molar-refractivity contribution in [2.75, 3.05) is 6.54 Å². The van der Waals surface area contributed by atoms with E-state index in [9.17, 15) is 14.4 Å². The zero-order valence-electron chi connectivity index (χ0n) is 27.0. The molecule has 1 amide bonds. The first kappa shape index (κ1) is 29.8. The van der Waals surface area contributed by atoms with Crippen molar-refractivity contribution in [1.82, 2.24) is 5.32 Å². The molecule has 0 aliphatic heterocycles. The second kappa shape index (κ2) is 8.93. The fourth-order valence-electron chi connectivity index (χ4n) is 11.0. The first-order valence-electron chi connectivity index (χ1n) is 15.9. The van der Waals surface area contributed by atoms with Gasteiger partial charge in [-0.3, -0.25) is 9.59 Å². The van der Waals surface area contributed by atoms with Gasteiger partial charge in [0.1, 0.15) is 11.4 Å². The summed E-state index contributed by atoms with van der Waals surface area (Å²) in [7, 11) is 0. The van der Waals surface area contributed by atoms with E-state index in [1.165, 1.54) is 0 Å². The van der Waals surface area contributed by atoms with E-state index < -0.39 is 11.0 Å². The smallest absolute Gasteiger partial charge is 0.407 e. The van der Waals surface area contributed by atoms with Crippen molar-refractivity contribution in [2.45, 2.75) is 126 Å². The van der Waals surface area contributed by atoms with Crippen LogP contribution in [-0.4, -0.2) is 29.8 Å². The van der Waals surface area contributed by atoms with Crippen LogP contribution in [0.5, 0.6) is 0 Å². The summed E-state index contributed by atoms with van der Waals surface area (Å²) < 4.78 is 5.62. The maximum Gasteiger partial charge on any atom is 0.407 e. The van der Waals surface area contributed by atoms with Crippen molar-refractivity contribution in [1.29, 1.82) is 0 Å². The summed E-state index contributed by atoms with van der Waals surface area (Å²) in [6.45, 7) is 22.5. The van der Waals surface area contributed by atoms with Crippen LogP contribution in [0.2, 0.25) is 0 Å². The number of ketones is 2. The third-order valence-corrected chi connectivity index (χ3v) is 13.5. The number of hydrogen-bond donors (Lipinski definition) is 1. The van der Waals surface area contributed by atoms with Crippen LogP contribution in [0.1, 0.15) is 121 Å². The highest BCUT2D eigenvalue weighted by Crippen LogP contribution is 2.75. The van der Waals surface area contributed by atoms with Crippen LogP contribution in [0.4, 0.5) is 4.79 Å². The Morgan fingerprint density at radius 2 is 1.57 bits per heavy atom. The van der Waals surface area contributed by atoms with Gasteiger partial charge in [0, 0.05) is 24.3 Å². The average molecular weight is 554 g/mol. The standard InChI is InChI=1S/C35H55NO4/c1-29(2,3)40-28(39)36-21-35-17-15-30(4,5)20-22(35)27-23(37)19-25-32(8)13-12-26(38)31(6,7)24(32)11-14-33(25,9)34(27,10)16-18-35/h12-13,22,24-25,27H,11,14-21H2,1-10H3,(H,36,39)/t22?,24-,25?,27-,32-,33+,34+,35+/m0/s1. The molecule has 5 aliphatic carbocycles. The largest absolute Gasteiger partial charge is 0.444 e. The minimum absolute atomic E-state index is 0.00451. The predicted molar refractivity (Wildman–Crippen MR) is 159 cm³/mol. The van der Waals surface area contributed by atoms with E-state index in [4.69, 9.17) is 4.74 Å². The molecule has 4 fully saturated rings. The van der Waals surface area contributed by atoms with Crippen molar-refractivity contribution in [3.63, 3.8) is 0 Å². The fraction of sp³-hybridized carbons (Fsp3) is 0.857. The minimum Gasteiger partial charge on any atom is -0.444 e. The first-order chi connectivity index (χ1) is 18.2. The van der Waals surface area contributed by atoms with E-state index in [-0.39, 0.29) is 62.6 Å². The second-order valence-corrected chi connectivity index (χ2v) is 17.6. The van der Waals surface area contributed by atoms with Crippen molar-refractivity contribution < 1.29 is 19.1 Å². The maximum absolute atomic E-state index is 14.6. The van der Waals surface area contributed by atoms with Crippen LogP contribution < -0.4 is 5.32 Å². The molecule has 1 N–H and O–H groups in total. The molecule has 5 aliphatic rings. The van der Waals surface area contributed by atoms with Crippen LogP contribution in [0.25, 0.3) is 0 Å². The van der Waals surface area contributed by atoms with Gasteiger partial charge in [0.05, 0.1) is 0 Å². The molecule has 0 aromatic heterocycles. The van der Waals surface area contributed by atoms with E-state index in [0.717, 1.165) is 44.9 Å². The van der Waals surface area contributed by atoms with Gasteiger partial charge in [-0.15, -0.1) is 0 Å². The summed E-state index contributed by atoms with van der Waals surface area (Å²) in [6.07, 6.45) is 11.6. The summed E-state index contributed by atoms with van der Waals surface area (Å²) >= 11 is 0. The van der Waals surface area contributed by atoms with Gasteiger partial charge in [-0.1, -0.05) is 54.5 Å². The summed E-state index contributed by atoms with van der Waals surface area (Å²) in [4.78, 5) is 40.3. The lowest BCUT2D eigenvalue weighted by atomic mass is 9.32. The Labute approximate surface area is 243 Å². The monoisotopic (exact) mass is 553 g/mol. The molecular weight excluding hydrogens is 498 g/mol. The van der Waals surface area contributed by atoms with Gasteiger partial charge in [0.15, 0.2) is 5.78 Å². The first-order valence-corrected chi connectivity index (χ1v) is 15.9. The number of carbonyl (C=O) groups is 3. The topological polar surface area (TPSA) is 72.5 Å². The molecule has 0 spiro atoms. The minimum atomic E-state index is -0.536. The fourth-order valence-corrected chi connectivity index (χ4v) is 11.0. The van der Waals surface area contributed by atoms with E-state index >= 15 is 0 Å².